The third kappa shape index (κ3) is 1.48. The van der Waals surface area contributed by atoms with Crippen LogP contribution >= 0.6 is 0 Å². The van der Waals surface area contributed by atoms with Crippen molar-refractivity contribution in [3.63, 3.8) is 0 Å². The van der Waals surface area contributed by atoms with Gasteiger partial charge in [0.25, 0.3) is 0 Å². The number of nitrogens with one attached hydrogen (secondary N) is 1. The number of urea groups is 1. The molecule has 0 spiro atoms. The Labute approximate surface area is 87.7 Å². The van der Waals surface area contributed by atoms with Crippen LogP contribution in [0.4, 0.5) is 28.0 Å². The Bertz CT molecular complexity index is 437. The van der Waals surface area contributed by atoms with Crippen LogP contribution in [0.25, 0.3) is 0 Å². The zero-order valence-corrected chi connectivity index (χ0v) is 7.86. The van der Waals surface area contributed by atoms with Crippen molar-refractivity contribution in [1.29, 1.82) is 0 Å². The van der Waals surface area contributed by atoms with Crippen LogP contribution < -0.4 is 10.2 Å². The molecule has 1 aliphatic heterocycles. The van der Waals surface area contributed by atoms with Crippen molar-refractivity contribution in [3.8, 4) is 0 Å². The van der Waals surface area contributed by atoms with Gasteiger partial charge in [-0.25, -0.2) is 22.4 Å². The molecule has 0 aromatic heterocycles. The molecular formula is C9H6F4N2O. The topological polar surface area (TPSA) is 32.3 Å². The summed E-state index contributed by atoms with van der Waals surface area (Å²) in [4.78, 5) is 11.8. The molecule has 0 radical (unpaired) electrons. The largest absolute Gasteiger partial charge is 0.336 e. The van der Waals surface area contributed by atoms with E-state index in [0.717, 1.165) is 0 Å². The van der Waals surface area contributed by atoms with Gasteiger partial charge in [-0.15, -0.1) is 0 Å². The van der Waals surface area contributed by atoms with Gasteiger partial charge in [0.15, 0.2) is 23.3 Å². The number of nitrogens with zero attached hydrogens (tertiary/aromatic N) is 1. The van der Waals surface area contributed by atoms with Crippen LogP contribution in [-0.4, -0.2) is 19.1 Å². The summed E-state index contributed by atoms with van der Waals surface area (Å²) < 4.78 is 52.2. The van der Waals surface area contributed by atoms with Gasteiger partial charge in [0.1, 0.15) is 5.69 Å². The Kier molecular flexibility index (Phi) is 2.45. The van der Waals surface area contributed by atoms with Crippen LogP contribution in [0.2, 0.25) is 0 Å². The monoisotopic (exact) mass is 234 g/mol. The molecule has 1 fully saturated rings. The van der Waals surface area contributed by atoms with Crippen molar-refractivity contribution < 1.29 is 22.4 Å². The van der Waals surface area contributed by atoms with Crippen molar-refractivity contribution in [2.24, 2.45) is 0 Å². The molecule has 1 aromatic carbocycles. The number of carbonyl (C=O) groups is 1. The Hall–Kier alpha value is -1.79. The van der Waals surface area contributed by atoms with Gasteiger partial charge in [-0.05, 0) is 0 Å². The molecule has 2 rings (SSSR count). The normalized spacial score (nSPS) is 15.5. The fourth-order valence-corrected chi connectivity index (χ4v) is 1.48. The second-order valence-electron chi connectivity index (χ2n) is 3.20. The molecule has 1 aromatic rings. The van der Waals surface area contributed by atoms with Crippen LogP contribution in [-0.2, 0) is 0 Å². The summed E-state index contributed by atoms with van der Waals surface area (Å²) >= 11 is 0. The molecular weight excluding hydrogens is 228 g/mol. The number of anilines is 1. The summed E-state index contributed by atoms with van der Waals surface area (Å²) in [5.41, 5.74) is -0.993. The lowest BCUT2D eigenvalue weighted by atomic mass is 10.2. The fourth-order valence-electron chi connectivity index (χ4n) is 1.48. The maximum absolute atomic E-state index is 13.3. The van der Waals surface area contributed by atoms with E-state index in [9.17, 15) is 22.4 Å². The molecule has 7 heteroatoms. The number of benzene rings is 1. The summed E-state index contributed by atoms with van der Waals surface area (Å²) in [6, 6.07) is -0.690. The number of hydrogen-bond acceptors (Lipinski definition) is 1. The van der Waals surface area contributed by atoms with E-state index in [1.807, 2.05) is 0 Å². The Morgan fingerprint density at radius 1 is 1.12 bits per heavy atom. The first-order valence-electron chi connectivity index (χ1n) is 4.40. The zero-order valence-electron chi connectivity index (χ0n) is 7.86. The molecule has 1 aliphatic rings. The van der Waals surface area contributed by atoms with E-state index in [-0.39, 0.29) is 19.2 Å². The minimum atomic E-state index is -1.57. The average Bonchev–Trinajstić information content (AvgIpc) is 2.63. The lowest BCUT2D eigenvalue weighted by molar-refractivity contribution is 0.251. The van der Waals surface area contributed by atoms with E-state index in [4.69, 9.17) is 0 Å². The predicted octanol–water partition coefficient (Wildman–Crippen LogP) is 1.77. The van der Waals surface area contributed by atoms with Crippen molar-refractivity contribution in [3.05, 3.63) is 29.3 Å². The van der Waals surface area contributed by atoms with Crippen molar-refractivity contribution >= 4 is 11.7 Å². The summed E-state index contributed by atoms with van der Waals surface area (Å²) in [6.45, 7) is 0.116. The smallest absolute Gasteiger partial charge is 0.322 e. The summed E-state index contributed by atoms with van der Waals surface area (Å²) in [6.07, 6.45) is 0. The highest BCUT2D eigenvalue weighted by Gasteiger charge is 2.30. The van der Waals surface area contributed by atoms with Crippen LogP contribution in [0.1, 0.15) is 0 Å². The first-order chi connectivity index (χ1) is 7.52. The Morgan fingerprint density at radius 3 is 2.12 bits per heavy atom. The van der Waals surface area contributed by atoms with Crippen molar-refractivity contribution in [2.45, 2.75) is 0 Å². The second-order valence-corrected chi connectivity index (χ2v) is 3.20. The summed E-state index contributed by atoms with van der Waals surface area (Å²) in [7, 11) is 0. The Morgan fingerprint density at radius 2 is 1.69 bits per heavy atom. The molecule has 3 nitrogen and oxygen atoms in total. The molecule has 1 saturated heterocycles. The summed E-state index contributed by atoms with van der Waals surface area (Å²) in [5, 5.41) is 2.27. The minimum Gasteiger partial charge on any atom is -0.336 e. The molecule has 0 saturated carbocycles. The fraction of sp³-hybridized carbons (Fsp3) is 0.222. The molecule has 86 valence electrons. The molecule has 0 aliphatic carbocycles. The lowest BCUT2D eigenvalue weighted by Gasteiger charge is -2.16. The third-order valence-electron chi connectivity index (χ3n) is 2.22. The van der Waals surface area contributed by atoms with Gasteiger partial charge in [0, 0.05) is 19.2 Å². The number of carbonyl (C=O) groups excluding carboxylic acids is 1. The number of rotatable bonds is 1. The SMILES string of the molecule is O=C1NCCN1c1c(F)c(F)cc(F)c1F. The maximum atomic E-state index is 13.3. The predicted molar refractivity (Wildman–Crippen MR) is 47.0 cm³/mol. The molecule has 0 unspecified atom stereocenters. The van der Waals surface area contributed by atoms with E-state index in [1.54, 1.807) is 0 Å². The standard InChI is InChI=1S/C9H6F4N2O/c10-4-3-5(11)7(13)8(6(4)12)15-2-1-14-9(15)16/h3H,1-2H2,(H,14,16). The first kappa shape index (κ1) is 10.7. The number of halogens is 4. The summed E-state index contributed by atoms with van der Waals surface area (Å²) in [5.74, 6) is -6.21. The Balaban J connectivity index is 2.58. The molecule has 16 heavy (non-hydrogen) atoms. The highest BCUT2D eigenvalue weighted by Crippen LogP contribution is 2.28. The molecule has 0 bridgehead atoms. The van der Waals surface area contributed by atoms with Crippen LogP contribution in [0, 0.1) is 23.3 Å². The van der Waals surface area contributed by atoms with Crippen molar-refractivity contribution in [1.82, 2.24) is 5.32 Å². The van der Waals surface area contributed by atoms with Crippen LogP contribution in [0.15, 0.2) is 6.07 Å². The van der Waals surface area contributed by atoms with Gasteiger partial charge in [-0.2, -0.15) is 0 Å². The van der Waals surface area contributed by atoms with Gasteiger partial charge in [0.05, 0.1) is 0 Å². The van der Waals surface area contributed by atoms with Crippen LogP contribution in [0.5, 0.6) is 0 Å². The third-order valence-corrected chi connectivity index (χ3v) is 2.22. The number of hydrogen-bond donors (Lipinski definition) is 1. The molecule has 2 amide bonds. The lowest BCUT2D eigenvalue weighted by Crippen LogP contribution is -2.30. The van der Waals surface area contributed by atoms with Gasteiger partial charge in [-0.3, -0.25) is 4.90 Å². The van der Waals surface area contributed by atoms with E-state index >= 15 is 0 Å². The van der Waals surface area contributed by atoms with Gasteiger partial charge < -0.3 is 5.32 Å². The highest BCUT2D eigenvalue weighted by molar-refractivity contribution is 5.94. The molecule has 0 atom stereocenters. The second kappa shape index (κ2) is 3.66. The highest BCUT2D eigenvalue weighted by atomic mass is 19.2. The van der Waals surface area contributed by atoms with Crippen LogP contribution in [0.3, 0.4) is 0 Å². The van der Waals surface area contributed by atoms with E-state index in [1.165, 1.54) is 0 Å². The van der Waals surface area contributed by atoms with E-state index in [0.29, 0.717) is 4.90 Å². The minimum absolute atomic E-state index is 0.0461. The molecule has 1 N–H and O–H groups in total. The number of amides is 2. The van der Waals surface area contributed by atoms with E-state index in [2.05, 4.69) is 5.32 Å². The van der Waals surface area contributed by atoms with E-state index < -0.39 is 35.0 Å². The van der Waals surface area contributed by atoms with Gasteiger partial charge in [-0.1, -0.05) is 0 Å². The first-order valence-corrected chi connectivity index (χ1v) is 4.40. The van der Waals surface area contributed by atoms with Gasteiger partial charge >= 0.3 is 6.03 Å². The van der Waals surface area contributed by atoms with Gasteiger partial charge in [0.2, 0.25) is 0 Å². The average molecular weight is 234 g/mol. The maximum Gasteiger partial charge on any atom is 0.322 e. The van der Waals surface area contributed by atoms with Crippen molar-refractivity contribution in [2.75, 3.05) is 18.0 Å². The quantitative estimate of drug-likeness (QED) is 0.583. The molecule has 1 heterocycles. The zero-order chi connectivity index (χ0) is 11.9.